The largest absolute Gasteiger partial charge is 0.489 e. The first kappa shape index (κ1) is 21.5. The first-order valence-electron chi connectivity index (χ1n) is 10.9. The average Bonchev–Trinajstić information content (AvgIpc) is 3.48. The summed E-state index contributed by atoms with van der Waals surface area (Å²) in [6.45, 7) is 0. The molecule has 5 rings (SSSR count). The summed E-state index contributed by atoms with van der Waals surface area (Å²) in [6.07, 6.45) is 2.17. The van der Waals surface area contributed by atoms with E-state index >= 15 is 0 Å². The van der Waals surface area contributed by atoms with Crippen molar-refractivity contribution in [2.75, 3.05) is 0 Å². The van der Waals surface area contributed by atoms with E-state index < -0.39 is 11.7 Å². The summed E-state index contributed by atoms with van der Waals surface area (Å²) >= 11 is 6.39. The Bertz CT molecular complexity index is 1140. The second-order valence-corrected chi connectivity index (χ2v) is 9.16. The lowest BCUT2D eigenvalue weighted by atomic mass is 9.95. The monoisotopic (exact) mass is 465 g/mol. The Morgan fingerprint density at radius 1 is 1.06 bits per heavy atom. The highest BCUT2D eigenvalue weighted by Crippen LogP contribution is 2.42. The third kappa shape index (κ3) is 4.30. The molecule has 2 aromatic heterocycles. The molecule has 0 amide bonds. The van der Waals surface area contributed by atoms with E-state index in [1.165, 1.54) is 16.5 Å². The molecule has 0 bridgehead atoms. The quantitative estimate of drug-likeness (QED) is 0.525. The molecule has 170 valence electrons. The molecule has 0 spiro atoms. The number of fused-ring (bicyclic) bond motifs is 1. The Hall–Kier alpha value is -2.32. The van der Waals surface area contributed by atoms with E-state index in [2.05, 4.69) is 10.2 Å². The van der Waals surface area contributed by atoms with Gasteiger partial charge in [-0.15, -0.1) is 10.2 Å². The van der Waals surface area contributed by atoms with Gasteiger partial charge in [0.05, 0.1) is 17.2 Å². The van der Waals surface area contributed by atoms with Crippen LogP contribution >= 0.6 is 11.6 Å². The SMILES string of the molecule is O[C@H]1CC[C@@H](Oc2ccc(-c3ccn4c(CC5CC5)nnc4c3C(F)(F)F)cc2Cl)CC1. The Kier molecular flexibility index (Phi) is 5.53. The van der Waals surface area contributed by atoms with Gasteiger partial charge in [0.25, 0.3) is 0 Å². The molecule has 2 saturated carbocycles. The molecule has 2 fully saturated rings. The van der Waals surface area contributed by atoms with Gasteiger partial charge in [-0.3, -0.25) is 4.40 Å². The molecule has 2 heterocycles. The second-order valence-electron chi connectivity index (χ2n) is 8.75. The number of hydrogen-bond acceptors (Lipinski definition) is 4. The van der Waals surface area contributed by atoms with Crippen LogP contribution in [-0.2, 0) is 12.6 Å². The molecule has 1 aromatic carbocycles. The van der Waals surface area contributed by atoms with E-state index in [1.807, 2.05) is 0 Å². The van der Waals surface area contributed by atoms with Crippen LogP contribution in [0, 0.1) is 5.92 Å². The predicted octanol–water partition coefficient (Wildman–Crippen LogP) is 5.70. The molecule has 0 unspecified atom stereocenters. The fraction of sp³-hybridized carbons (Fsp3) is 0.478. The van der Waals surface area contributed by atoms with Gasteiger partial charge in [0.2, 0.25) is 0 Å². The molecule has 9 heteroatoms. The van der Waals surface area contributed by atoms with E-state index in [-0.39, 0.29) is 28.4 Å². The van der Waals surface area contributed by atoms with E-state index in [0.717, 1.165) is 12.8 Å². The van der Waals surface area contributed by atoms with Gasteiger partial charge in [-0.25, -0.2) is 0 Å². The summed E-state index contributed by atoms with van der Waals surface area (Å²) < 4.78 is 49.7. The van der Waals surface area contributed by atoms with Crippen LogP contribution in [-0.4, -0.2) is 31.9 Å². The fourth-order valence-electron chi connectivity index (χ4n) is 4.35. The maximum absolute atomic E-state index is 14.1. The summed E-state index contributed by atoms with van der Waals surface area (Å²) in [5.41, 5.74) is -0.670. The van der Waals surface area contributed by atoms with Crippen molar-refractivity contribution in [1.82, 2.24) is 14.6 Å². The van der Waals surface area contributed by atoms with Gasteiger partial charge in [-0.2, -0.15) is 13.2 Å². The maximum atomic E-state index is 14.1. The van der Waals surface area contributed by atoms with Crippen LogP contribution in [0.4, 0.5) is 13.2 Å². The van der Waals surface area contributed by atoms with Crippen molar-refractivity contribution in [3.63, 3.8) is 0 Å². The number of ether oxygens (including phenoxy) is 1. The van der Waals surface area contributed by atoms with Gasteiger partial charge < -0.3 is 9.84 Å². The Labute approximate surface area is 188 Å². The zero-order chi connectivity index (χ0) is 22.5. The van der Waals surface area contributed by atoms with Crippen LogP contribution in [0.15, 0.2) is 30.5 Å². The van der Waals surface area contributed by atoms with Crippen molar-refractivity contribution in [2.24, 2.45) is 5.92 Å². The summed E-state index contributed by atoms with van der Waals surface area (Å²) in [5, 5.41) is 17.8. The molecule has 5 nitrogen and oxygen atoms in total. The van der Waals surface area contributed by atoms with Crippen molar-refractivity contribution in [1.29, 1.82) is 0 Å². The third-order valence-electron chi connectivity index (χ3n) is 6.28. The van der Waals surface area contributed by atoms with Crippen molar-refractivity contribution < 1.29 is 23.0 Å². The molecule has 3 aromatic rings. The molecule has 2 aliphatic carbocycles. The standard InChI is InChI=1S/C23H23ClF3N3O2/c24-18-12-14(3-8-19(18)32-16-6-4-15(31)5-7-16)17-9-10-30-20(11-13-1-2-13)28-29-22(30)21(17)23(25,26)27/h3,8-10,12-13,15-16,31H,1-2,4-7,11H2/t15-,16+. The minimum atomic E-state index is -4.60. The Balaban J connectivity index is 1.49. The van der Waals surface area contributed by atoms with Crippen LogP contribution in [0.3, 0.4) is 0 Å². The van der Waals surface area contributed by atoms with Crippen LogP contribution in [0.1, 0.15) is 49.9 Å². The number of aliphatic hydroxyl groups is 1. The molecule has 32 heavy (non-hydrogen) atoms. The number of aromatic nitrogens is 3. The van der Waals surface area contributed by atoms with Crippen LogP contribution in [0.25, 0.3) is 16.8 Å². The predicted molar refractivity (Wildman–Crippen MR) is 114 cm³/mol. The third-order valence-corrected chi connectivity index (χ3v) is 6.58. The van der Waals surface area contributed by atoms with Gasteiger partial charge in [-0.1, -0.05) is 17.7 Å². The van der Waals surface area contributed by atoms with E-state index in [9.17, 15) is 18.3 Å². The maximum Gasteiger partial charge on any atom is 0.420 e. The highest BCUT2D eigenvalue weighted by atomic mass is 35.5. The summed E-state index contributed by atoms with van der Waals surface area (Å²) in [7, 11) is 0. The molecule has 2 aliphatic rings. The Morgan fingerprint density at radius 2 is 1.81 bits per heavy atom. The van der Waals surface area contributed by atoms with Crippen molar-refractivity contribution >= 4 is 17.2 Å². The summed E-state index contributed by atoms with van der Waals surface area (Å²) in [4.78, 5) is 0. The molecule has 0 radical (unpaired) electrons. The van der Waals surface area contributed by atoms with Crippen LogP contribution < -0.4 is 4.74 Å². The number of rotatable bonds is 5. The number of benzene rings is 1. The van der Waals surface area contributed by atoms with Gasteiger partial charge in [0, 0.05) is 12.6 Å². The highest BCUT2D eigenvalue weighted by Gasteiger charge is 2.38. The van der Waals surface area contributed by atoms with Crippen LogP contribution in [0.5, 0.6) is 5.75 Å². The first-order chi connectivity index (χ1) is 15.3. The number of halogens is 4. The molecule has 0 saturated heterocycles. The van der Waals surface area contributed by atoms with Gasteiger partial charge >= 0.3 is 6.18 Å². The normalized spacial score (nSPS) is 21.8. The highest BCUT2D eigenvalue weighted by molar-refractivity contribution is 6.32. The van der Waals surface area contributed by atoms with Crippen LogP contribution in [0.2, 0.25) is 5.02 Å². The number of alkyl halides is 3. The second kappa shape index (κ2) is 8.23. The first-order valence-corrected chi connectivity index (χ1v) is 11.3. The average molecular weight is 466 g/mol. The lowest BCUT2D eigenvalue weighted by molar-refractivity contribution is -0.136. The zero-order valence-corrected chi connectivity index (χ0v) is 18.0. The minimum absolute atomic E-state index is 0.00427. The topological polar surface area (TPSA) is 59.7 Å². The Morgan fingerprint density at radius 3 is 2.47 bits per heavy atom. The fourth-order valence-corrected chi connectivity index (χ4v) is 4.57. The van der Waals surface area contributed by atoms with E-state index in [4.69, 9.17) is 16.3 Å². The van der Waals surface area contributed by atoms with E-state index in [0.29, 0.717) is 55.2 Å². The van der Waals surface area contributed by atoms with Gasteiger partial charge in [0.15, 0.2) is 5.65 Å². The lowest BCUT2D eigenvalue weighted by Gasteiger charge is -2.26. The number of pyridine rings is 1. The van der Waals surface area contributed by atoms with Crippen molar-refractivity contribution in [3.05, 3.63) is 46.9 Å². The minimum Gasteiger partial charge on any atom is -0.489 e. The smallest absolute Gasteiger partial charge is 0.420 e. The number of nitrogens with zero attached hydrogens (tertiary/aromatic N) is 3. The van der Waals surface area contributed by atoms with E-state index in [1.54, 1.807) is 18.3 Å². The van der Waals surface area contributed by atoms with Gasteiger partial charge in [0.1, 0.15) is 17.1 Å². The van der Waals surface area contributed by atoms with Crippen molar-refractivity contribution in [3.8, 4) is 16.9 Å². The molecule has 0 aliphatic heterocycles. The van der Waals surface area contributed by atoms with Gasteiger partial charge in [-0.05, 0) is 73.8 Å². The molecular weight excluding hydrogens is 443 g/mol. The lowest BCUT2D eigenvalue weighted by Crippen LogP contribution is -2.26. The molecular formula is C23H23ClF3N3O2. The van der Waals surface area contributed by atoms with Crippen molar-refractivity contribution in [2.45, 2.75) is 63.3 Å². The summed E-state index contributed by atoms with van der Waals surface area (Å²) in [5.74, 6) is 1.47. The summed E-state index contributed by atoms with van der Waals surface area (Å²) in [6, 6.07) is 6.14. The molecule has 0 atom stereocenters. The number of hydrogen-bond donors (Lipinski definition) is 1. The zero-order valence-electron chi connectivity index (χ0n) is 17.3. The number of aliphatic hydroxyl groups excluding tert-OH is 1. The molecule has 1 N–H and O–H groups in total.